The fourth-order valence-electron chi connectivity index (χ4n) is 4.07. The summed E-state index contributed by atoms with van der Waals surface area (Å²) in [5.41, 5.74) is 3.69. The molecule has 0 radical (unpaired) electrons. The third-order valence-electron chi connectivity index (χ3n) is 5.46. The second-order valence-corrected chi connectivity index (χ2v) is 7.37. The van der Waals surface area contributed by atoms with Gasteiger partial charge in [0.05, 0.1) is 12.2 Å². The highest BCUT2D eigenvalue weighted by atomic mass is 16.7. The maximum Gasteiger partial charge on any atom is 0.336 e. The lowest BCUT2D eigenvalue weighted by molar-refractivity contribution is -0.139. The van der Waals surface area contributed by atoms with Crippen molar-refractivity contribution in [3.05, 3.63) is 46.3 Å². The van der Waals surface area contributed by atoms with E-state index in [0.29, 0.717) is 35.7 Å². The predicted molar refractivity (Wildman–Crippen MR) is 103 cm³/mol. The maximum atomic E-state index is 13.0. The van der Waals surface area contributed by atoms with Gasteiger partial charge in [0, 0.05) is 29.3 Å². The van der Waals surface area contributed by atoms with E-state index in [0.717, 1.165) is 42.6 Å². The number of ether oxygens (including phenoxy) is 3. The molecule has 0 aromatic heterocycles. The summed E-state index contributed by atoms with van der Waals surface area (Å²) in [6, 6.07) is 5.61. The van der Waals surface area contributed by atoms with Crippen molar-refractivity contribution in [3.63, 3.8) is 0 Å². The Hall–Kier alpha value is -2.76. The molecule has 2 heterocycles. The number of hydrogen-bond donors (Lipinski definition) is 1. The van der Waals surface area contributed by atoms with E-state index < -0.39 is 5.92 Å². The molecule has 0 saturated carbocycles. The van der Waals surface area contributed by atoms with Gasteiger partial charge in [-0.3, -0.25) is 4.79 Å². The van der Waals surface area contributed by atoms with Crippen LogP contribution in [0.1, 0.15) is 57.4 Å². The zero-order chi connectivity index (χ0) is 19.7. The minimum absolute atomic E-state index is 0.0859. The highest BCUT2D eigenvalue weighted by molar-refractivity contribution is 6.03. The van der Waals surface area contributed by atoms with E-state index in [-0.39, 0.29) is 18.5 Å². The Morgan fingerprint density at radius 2 is 2.07 bits per heavy atom. The maximum absolute atomic E-state index is 13.0. The fraction of sp³-hybridized carbons (Fsp3) is 0.455. The Morgan fingerprint density at radius 3 is 2.89 bits per heavy atom. The first-order valence-corrected chi connectivity index (χ1v) is 9.90. The molecule has 148 valence electrons. The Labute approximate surface area is 164 Å². The van der Waals surface area contributed by atoms with Crippen molar-refractivity contribution in [3.8, 4) is 11.5 Å². The van der Waals surface area contributed by atoms with Gasteiger partial charge < -0.3 is 19.5 Å². The molecular formula is C22H25NO5. The van der Waals surface area contributed by atoms with Crippen molar-refractivity contribution in [1.29, 1.82) is 0 Å². The number of benzene rings is 1. The number of hydrogen-bond acceptors (Lipinski definition) is 6. The SMILES string of the molecule is CCCCOC(=O)C1=C(C)NC2=C(C(=O)CCC2)[C@@H]1c1ccc2c(c1)OCO2. The van der Waals surface area contributed by atoms with Gasteiger partial charge in [-0.2, -0.15) is 0 Å². The van der Waals surface area contributed by atoms with Gasteiger partial charge in [-0.15, -0.1) is 0 Å². The average Bonchev–Trinajstić information content (AvgIpc) is 3.15. The quantitative estimate of drug-likeness (QED) is 0.617. The zero-order valence-corrected chi connectivity index (χ0v) is 16.3. The fourth-order valence-corrected chi connectivity index (χ4v) is 4.07. The molecule has 1 atom stereocenters. The average molecular weight is 383 g/mol. The van der Waals surface area contributed by atoms with Gasteiger partial charge in [0.25, 0.3) is 0 Å². The van der Waals surface area contributed by atoms with E-state index in [9.17, 15) is 9.59 Å². The number of rotatable bonds is 5. The Kier molecular flexibility index (Phi) is 5.11. The first-order valence-electron chi connectivity index (χ1n) is 9.90. The van der Waals surface area contributed by atoms with Gasteiger partial charge >= 0.3 is 5.97 Å². The topological polar surface area (TPSA) is 73.9 Å². The molecule has 1 aliphatic carbocycles. The molecular weight excluding hydrogens is 358 g/mol. The molecule has 28 heavy (non-hydrogen) atoms. The number of ketones is 1. The van der Waals surface area contributed by atoms with Crippen molar-refractivity contribution in [2.45, 2.75) is 51.9 Å². The minimum atomic E-state index is -0.451. The molecule has 1 N–H and O–H groups in total. The number of Topliss-reactive ketones (excluding diaryl/α,β-unsaturated/α-hetero) is 1. The lowest BCUT2D eigenvalue weighted by Gasteiger charge is -2.34. The van der Waals surface area contributed by atoms with E-state index in [2.05, 4.69) is 5.32 Å². The predicted octanol–water partition coefficient (Wildman–Crippen LogP) is 3.73. The molecule has 3 aliphatic rings. The Bertz CT molecular complexity index is 883. The molecule has 0 saturated heterocycles. The molecule has 0 unspecified atom stereocenters. The van der Waals surface area contributed by atoms with Gasteiger partial charge in [-0.1, -0.05) is 19.4 Å². The second-order valence-electron chi connectivity index (χ2n) is 7.37. The van der Waals surface area contributed by atoms with Crippen molar-refractivity contribution in [2.24, 2.45) is 0 Å². The van der Waals surface area contributed by atoms with Crippen LogP contribution in [0.15, 0.2) is 40.7 Å². The smallest absolute Gasteiger partial charge is 0.336 e. The number of carbonyl (C=O) groups is 2. The third kappa shape index (κ3) is 3.28. The normalized spacial score (nSPS) is 20.8. The molecule has 6 heteroatoms. The lowest BCUT2D eigenvalue weighted by Crippen LogP contribution is -2.34. The van der Waals surface area contributed by atoms with Crippen LogP contribution in [0.5, 0.6) is 11.5 Å². The molecule has 2 aliphatic heterocycles. The summed E-state index contributed by atoms with van der Waals surface area (Å²) in [5, 5.41) is 3.30. The molecule has 0 amide bonds. The minimum Gasteiger partial charge on any atom is -0.462 e. The number of esters is 1. The van der Waals surface area contributed by atoms with Crippen molar-refractivity contribution in [1.82, 2.24) is 5.32 Å². The summed E-state index contributed by atoms with van der Waals surface area (Å²) >= 11 is 0. The Balaban J connectivity index is 1.77. The van der Waals surface area contributed by atoms with Crippen LogP contribution in [-0.4, -0.2) is 25.2 Å². The van der Waals surface area contributed by atoms with Crippen LogP contribution in [0.3, 0.4) is 0 Å². The molecule has 0 bridgehead atoms. The van der Waals surface area contributed by atoms with E-state index in [1.807, 2.05) is 32.0 Å². The number of nitrogens with one attached hydrogen (secondary N) is 1. The molecule has 1 aromatic carbocycles. The third-order valence-corrected chi connectivity index (χ3v) is 5.46. The number of fused-ring (bicyclic) bond motifs is 1. The molecule has 1 aromatic rings. The molecule has 6 nitrogen and oxygen atoms in total. The van der Waals surface area contributed by atoms with E-state index >= 15 is 0 Å². The van der Waals surface area contributed by atoms with Gasteiger partial charge in [-0.25, -0.2) is 4.79 Å². The van der Waals surface area contributed by atoms with E-state index in [1.165, 1.54) is 0 Å². The summed E-state index contributed by atoms with van der Waals surface area (Å²) in [7, 11) is 0. The van der Waals surface area contributed by atoms with Crippen LogP contribution in [0.2, 0.25) is 0 Å². The monoisotopic (exact) mass is 383 g/mol. The number of carbonyl (C=O) groups excluding carboxylic acids is 2. The van der Waals surface area contributed by atoms with Crippen LogP contribution in [-0.2, 0) is 14.3 Å². The number of allylic oxidation sites excluding steroid dienone is 3. The summed E-state index contributed by atoms with van der Waals surface area (Å²) in [6.07, 6.45) is 3.88. The highest BCUT2D eigenvalue weighted by Crippen LogP contribution is 2.45. The van der Waals surface area contributed by atoms with Crippen LogP contribution in [0.4, 0.5) is 0 Å². The standard InChI is InChI=1S/C22H25NO5/c1-3-4-10-26-22(25)19-13(2)23-15-6-5-7-16(24)21(15)20(19)14-8-9-17-18(11-14)28-12-27-17/h8-9,11,20,23H,3-7,10,12H2,1-2H3/t20-/m1/s1. The van der Waals surface area contributed by atoms with Gasteiger partial charge in [0.2, 0.25) is 6.79 Å². The summed E-state index contributed by atoms with van der Waals surface area (Å²) in [5.74, 6) is 0.578. The largest absolute Gasteiger partial charge is 0.462 e. The van der Waals surface area contributed by atoms with Crippen molar-refractivity contribution < 1.29 is 23.8 Å². The van der Waals surface area contributed by atoms with Gasteiger partial charge in [-0.05, 0) is 43.9 Å². The second kappa shape index (κ2) is 7.70. The highest BCUT2D eigenvalue weighted by Gasteiger charge is 2.39. The summed E-state index contributed by atoms with van der Waals surface area (Å²) in [6.45, 7) is 4.48. The zero-order valence-electron chi connectivity index (χ0n) is 16.3. The van der Waals surface area contributed by atoms with Gasteiger partial charge in [0.15, 0.2) is 17.3 Å². The van der Waals surface area contributed by atoms with Crippen LogP contribution in [0.25, 0.3) is 0 Å². The lowest BCUT2D eigenvalue weighted by atomic mass is 9.75. The first-order chi connectivity index (χ1) is 13.6. The van der Waals surface area contributed by atoms with Crippen LogP contribution < -0.4 is 14.8 Å². The Morgan fingerprint density at radius 1 is 1.25 bits per heavy atom. The molecule has 4 rings (SSSR count). The number of dihydropyridines is 1. The van der Waals surface area contributed by atoms with E-state index in [4.69, 9.17) is 14.2 Å². The van der Waals surface area contributed by atoms with Gasteiger partial charge in [0.1, 0.15) is 0 Å². The molecule has 0 spiro atoms. The van der Waals surface area contributed by atoms with Crippen LogP contribution in [0, 0.1) is 0 Å². The first kappa shape index (κ1) is 18.6. The molecule has 0 fully saturated rings. The summed E-state index contributed by atoms with van der Waals surface area (Å²) < 4.78 is 16.5. The van der Waals surface area contributed by atoms with Crippen molar-refractivity contribution >= 4 is 11.8 Å². The van der Waals surface area contributed by atoms with Crippen LogP contribution >= 0.6 is 0 Å². The summed E-state index contributed by atoms with van der Waals surface area (Å²) in [4.78, 5) is 25.8. The van der Waals surface area contributed by atoms with E-state index in [1.54, 1.807) is 0 Å². The number of unbranched alkanes of at least 4 members (excludes halogenated alkanes) is 1. The van der Waals surface area contributed by atoms with Crippen molar-refractivity contribution in [2.75, 3.05) is 13.4 Å².